The lowest BCUT2D eigenvalue weighted by Crippen LogP contribution is -2.19. The molecule has 1 rings (SSSR count). The molecule has 1 aromatic rings. The van der Waals surface area contributed by atoms with Gasteiger partial charge in [0.25, 0.3) is 0 Å². The molecule has 0 fully saturated rings. The third-order valence-electron chi connectivity index (χ3n) is 2.52. The highest BCUT2D eigenvalue weighted by Crippen LogP contribution is 2.28. The molecule has 0 aliphatic carbocycles. The van der Waals surface area contributed by atoms with E-state index in [0.29, 0.717) is 11.5 Å². The van der Waals surface area contributed by atoms with Crippen molar-refractivity contribution in [3.05, 3.63) is 23.8 Å². The molecule has 0 amide bonds. The van der Waals surface area contributed by atoms with Gasteiger partial charge in [0.1, 0.15) is 0 Å². The van der Waals surface area contributed by atoms with E-state index in [-0.39, 0.29) is 12.7 Å². The Bertz CT molecular complexity index is 432. The van der Waals surface area contributed by atoms with Crippen LogP contribution in [0.4, 0.5) is 0 Å². The molecule has 0 bridgehead atoms. The zero-order valence-corrected chi connectivity index (χ0v) is 12.6. The molecule has 20 heavy (non-hydrogen) atoms. The van der Waals surface area contributed by atoms with E-state index in [0.717, 1.165) is 18.7 Å². The maximum atomic E-state index is 11.4. The fourth-order valence-electron chi connectivity index (χ4n) is 1.64. The Balaban J connectivity index is 2.63. The maximum absolute atomic E-state index is 11.4. The quantitative estimate of drug-likeness (QED) is 0.740. The smallest absolute Gasteiger partial charge is 0.344 e. The zero-order chi connectivity index (χ0) is 15.0. The summed E-state index contributed by atoms with van der Waals surface area (Å²) in [5.74, 6) is 0.755. The summed E-state index contributed by atoms with van der Waals surface area (Å²) in [5, 5.41) is 3.24. The molecular weight excluding hydrogens is 258 g/mol. The molecule has 0 saturated heterocycles. The lowest BCUT2D eigenvalue weighted by molar-refractivity contribution is -0.149. The van der Waals surface area contributed by atoms with Gasteiger partial charge >= 0.3 is 5.97 Å². The molecule has 0 radical (unpaired) electrons. The summed E-state index contributed by atoms with van der Waals surface area (Å²) in [7, 11) is 1.58. The first-order valence-electron chi connectivity index (χ1n) is 6.76. The van der Waals surface area contributed by atoms with E-state index in [1.54, 1.807) is 27.0 Å². The molecule has 0 spiro atoms. The van der Waals surface area contributed by atoms with Crippen LogP contribution < -0.4 is 14.8 Å². The zero-order valence-electron chi connectivity index (χ0n) is 12.6. The summed E-state index contributed by atoms with van der Waals surface area (Å²) in [6.45, 7) is 7.20. The molecule has 0 aliphatic rings. The van der Waals surface area contributed by atoms with Crippen LogP contribution in [0.3, 0.4) is 0 Å². The van der Waals surface area contributed by atoms with E-state index in [9.17, 15) is 4.79 Å². The molecule has 0 aliphatic heterocycles. The van der Waals surface area contributed by atoms with Crippen molar-refractivity contribution in [3.8, 4) is 11.5 Å². The van der Waals surface area contributed by atoms with Crippen LogP contribution in [0.2, 0.25) is 0 Å². The summed E-state index contributed by atoms with van der Waals surface area (Å²) in [5.41, 5.74) is 1.10. The number of esters is 1. The highest BCUT2D eigenvalue weighted by molar-refractivity contribution is 5.71. The average Bonchev–Trinajstić information content (AvgIpc) is 2.42. The van der Waals surface area contributed by atoms with E-state index in [4.69, 9.17) is 14.2 Å². The Kier molecular flexibility index (Phi) is 6.87. The van der Waals surface area contributed by atoms with Crippen LogP contribution in [-0.2, 0) is 16.1 Å². The average molecular weight is 281 g/mol. The monoisotopic (exact) mass is 281 g/mol. The summed E-state index contributed by atoms with van der Waals surface area (Å²) < 4.78 is 15.7. The molecule has 5 heteroatoms. The number of hydrogen-bond acceptors (Lipinski definition) is 5. The first kappa shape index (κ1) is 16.3. The van der Waals surface area contributed by atoms with E-state index >= 15 is 0 Å². The van der Waals surface area contributed by atoms with Crippen molar-refractivity contribution in [2.75, 3.05) is 20.3 Å². The predicted octanol–water partition coefficient (Wildman–Crippen LogP) is 2.14. The van der Waals surface area contributed by atoms with Crippen LogP contribution in [0.15, 0.2) is 18.2 Å². The Morgan fingerprint density at radius 2 is 2.05 bits per heavy atom. The van der Waals surface area contributed by atoms with Crippen molar-refractivity contribution in [1.82, 2.24) is 5.32 Å². The summed E-state index contributed by atoms with van der Waals surface area (Å²) >= 11 is 0. The second kappa shape index (κ2) is 8.43. The van der Waals surface area contributed by atoms with Gasteiger partial charge in [0.2, 0.25) is 0 Å². The Labute approximate surface area is 120 Å². The Morgan fingerprint density at radius 1 is 1.30 bits per heavy atom. The second-order valence-corrected chi connectivity index (χ2v) is 4.59. The lowest BCUT2D eigenvalue weighted by Gasteiger charge is -2.13. The molecule has 0 unspecified atom stereocenters. The fraction of sp³-hybridized carbons (Fsp3) is 0.533. The third kappa shape index (κ3) is 5.48. The molecule has 112 valence electrons. The van der Waals surface area contributed by atoms with Crippen LogP contribution in [0.25, 0.3) is 0 Å². The topological polar surface area (TPSA) is 56.8 Å². The number of ether oxygens (including phenoxy) is 3. The third-order valence-corrected chi connectivity index (χ3v) is 2.52. The predicted molar refractivity (Wildman–Crippen MR) is 77.1 cm³/mol. The molecule has 0 aromatic heterocycles. The molecule has 5 nitrogen and oxygen atoms in total. The number of carbonyl (C=O) groups is 1. The molecule has 0 atom stereocenters. The van der Waals surface area contributed by atoms with Crippen LogP contribution in [0, 0.1) is 0 Å². The van der Waals surface area contributed by atoms with Crippen LogP contribution >= 0.6 is 0 Å². The highest BCUT2D eigenvalue weighted by Gasteiger charge is 2.10. The van der Waals surface area contributed by atoms with E-state index in [2.05, 4.69) is 12.2 Å². The number of hydrogen-bond donors (Lipinski definition) is 1. The molecule has 0 heterocycles. The van der Waals surface area contributed by atoms with Crippen molar-refractivity contribution >= 4 is 5.97 Å². The molecule has 1 N–H and O–H groups in total. The fourth-order valence-corrected chi connectivity index (χ4v) is 1.64. The van der Waals surface area contributed by atoms with Crippen molar-refractivity contribution in [3.63, 3.8) is 0 Å². The normalized spacial score (nSPS) is 10.4. The minimum absolute atomic E-state index is 0.124. The van der Waals surface area contributed by atoms with Crippen molar-refractivity contribution in [1.29, 1.82) is 0 Å². The molecular formula is C15H23NO4. The summed E-state index contributed by atoms with van der Waals surface area (Å²) in [6, 6.07) is 5.63. The number of carbonyl (C=O) groups excluding carboxylic acids is 1. The number of nitrogens with one attached hydrogen (secondary N) is 1. The van der Waals surface area contributed by atoms with Gasteiger partial charge < -0.3 is 19.5 Å². The van der Waals surface area contributed by atoms with Gasteiger partial charge in [0, 0.05) is 6.54 Å². The van der Waals surface area contributed by atoms with Gasteiger partial charge in [-0.05, 0) is 38.1 Å². The van der Waals surface area contributed by atoms with Gasteiger partial charge in [-0.3, -0.25) is 0 Å². The Morgan fingerprint density at radius 3 is 2.65 bits per heavy atom. The van der Waals surface area contributed by atoms with Crippen LogP contribution in [0.1, 0.15) is 26.3 Å². The second-order valence-electron chi connectivity index (χ2n) is 4.59. The largest absolute Gasteiger partial charge is 0.493 e. The van der Waals surface area contributed by atoms with Crippen LogP contribution in [-0.4, -0.2) is 32.3 Å². The van der Waals surface area contributed by atoms with E-state index in [1.807, 2.05) is 12.1 Å². The van der Waals surface area contributed by atoms with E-state index in [1.165, 1.54) is 0 Å². The minimum Gasteiger partial charge on any atom is -0.493 e. The van der Waals surface area contributed by atoms with Gasteiger partial charge in [0.05, 0.1) is 13.2 Å². The standard InChI is InChI=1S/C15H23NO4/c1-5-16-9-12-6-7-13(14(8-12)18-4)19-10-15(17)20-11(2)3/h6-8,11,16H,5,9-10H2,1-4H3. The summed E-state index contributed by atoms with van der Waals surface area (Å²) in [6.07, 6.45) is -0.143. The molecule has 0 saturated carbocycles. The number of methoxy groups -OCH3 is 1. The SMILES string of the molecule is CCNCc1ccc(OCC(=O)OC(C)C)c(OC)c1. The first-order chi connectivity index (χ1) is 9.56. The van der Waals surface area contributed by atoms with Crippen molar-refractivity contribution in [2.45, 2.75) is 33.4 Å². The van der Waals surface area contributed by atoms with Gasteiger partial charge in [-0.1, -0.05) is 13.0 Å². The van der Waals surface area contributed by atoms with E-state index < -0.39 is 5.97 Å². The Hall–Kier alpha value is -1.75. The van der Waals surface area contributed by atoms with Crippen LogP contribution in [0.5, 0.6) is 11.5 Å². The lowest BCUT2D eigenvalue weighted by atomic mass is 10.2. The van der Waals surface area contributed by atoms with Gasteiger partial charge in [-0.15, -0.1) is 0 Å². The minimum atomic E-state index is -0.390. The van der Waals surface area contributed by atoms with Crippen molar-refractivity contribution in [2.24, 2.45) is 0 Å². The van der Waals surface area contributed by atoms with Gasteiger partial charge in [-0.2, -0.15) is 0 Å². The highest BCUT2D eigenvalue weighted by atomic mass is 16.6. The van der Waals surface area contributed by atoms with Gasteiger partial charge in [0.15, 0.2) is 18.1 Å². The number of rotatable bonds is 8. The van der Waals surface area contributed by atoms with Gasteiger partial charge in [-0.25, -0.2) is 4.79 Å². The first-order valence-corrected chi connectivity index (χ1v) is 6.76. The molecule has 1 aromatic carbocycles. The van der Waals surface area contributed by atoms with Crippen molar-refractivity contribution < 1.29 is 19.0 Å². The maximum Gasteiger partial charge on any atom is 0.344 e. The number of benzene rings is 1. The summed E-state index contributed by atoms with van der Waals surface area (Å²) in [4.78, 5) is 11.4.